The van der Waals surface area contributed by atoms with Crippen molar-refractivity contribution in [1.82, 2.24) is 0 Å². The van der Waals surface area contributed by atoms with E-state index in [4.69, 9.17) is 22.1 Å². The predicted molar refractivity (Wildman–Crippen MR) is 66.6 cm³/mol. The molecule has 0 heterocycles. The molecular formula is C13H12ClNO. The molecule has 0 unspecified atom stereocenters. The van der Waals surface area contributed by atoms with Gasteiger partial charge < -0.3 is 10.5 Å². The standard InChI is InChI=1S/C13H12ClNO/c14-11-4-1-3-10(7-11)9-16-13-6-2-5-12(15)8-13/h1-8H,9,15H2. The van der Waals surface area contributed by atoms with Crippen molar-refractivity contribution >= 4 is 17.3 Å². The maximum atomic E-state index is 5.88. The van der Waals surface area contributed by atoms with Crippen molar-refractivity contribution in [3.63, 3.8) is 0 Å². The Morgan fingerprint density at radius 3 is 2.62 bits per heavy atom. The first-order valence-corrected chi connectivity index (χ1v) is 5.34. The molecule has 0 fully saturated rings. The Hall–Kier alpha value is -1.67. The third kappa shape index (κ3) is 2.91. The van der Waals surface area contributed by atoms with Crippen molar-refractivity contribution in [2.75, 3.05) is 5.73 Å². The number of rotatable bonds is 3. The highest BCUT2D eigenvalue weighted by molar-refractivity contribution is 6.30. The van der Waals surface area contributed by atoms with Gasteiger partial charge >= 0.3 is 0 Å². The van der Waals surface area contributed by atoms with Crippen LogP contribution in [0.4, 0.5) is 5.69 Å². The monoisotopic (exact) mass is 233 g/mol. The fourth-order valence-corrected chi connectivity index (χ4v) is 1.61. The highest BCUT2D eigenvalue weighted by atomic mass is 35.5. The zero-order valence-electron chi connectivity index (χ0n) is 8.69. The molecule has 0 radical (unpaired) electrons. The predicted octanol–water partition coefficient (Wildman–Crippen LogP) is 3.50. The van der Waals surface area contributed by atoms with Crippen LogP contribution in [-0.4, -0.2) is 0 Å². The summed E-state index contributed by atoms with van der Waals surface area (Å²) in [6.07, 6.45) is 0. The van der Waals surface area contributed by atoms with Crippen LogP contribution in [0.1, 0.15) is 5.56 Å². The number of nitrogens with two attached hydrogens (primary N) is 1. The SMILES string of the molecule is Nc1cccc(OCc2cccc(Cl)c2)c1. The molecule has 0 saturated carbocycles. The molecule has 0 bridgehead atoms. The van der Waals surface area contributed by atoms with Gasteiger partial charge in [-0.15, -0.1) is 0 Å². The van der Waals surface area contributed by atoms with Gasteiger partial charge in [-0.1, -0.05) is 29.8 Å². The van der Waals surface area contributed by atoms with Crippen LogP contribution < -0.4 is 10.5 Å². The second-order valence-electron chi connectivity index (χ2n) is 3.49. The Bertz CT molecular complexity index is 439. The van der Waals surface area contributed by atoms with Gasteiger partial charge in [0, 0.05) is 16.8 Å². The van der Waals surface area contributed by atoms with E-state index in [9.17, 15) is 0 Å². The molecular weight excluding hydrogens is 222 g/mol. The third-order valence-electron chi connectivity index (χ3n) is 2.15. The Balaban J connectivity index is 2.02. The first-order chi connectivity index (χ1) is 7.74. The molecule has 2 aromatic carbocycles. The lowest BCUT2D eigenvalue weighted by atomic mass is 10.2. The van der Waals surface area contributed by atoms with E-state index in [1.54, 1.807) is 6.07 Å². The lowest BCUT2D eigenvalue weighted by Crippen LogP contribution is -1.95. The van der Waals surface area contributed by atoms with E-state index in [0.717, 1.165) is 11.3 Å². The Morgan fingerprint density at radius 1 is 1.06 bits per heavy atom. The summed E-state index contributed by atoms with van der Waals surface area (Å²) in [5, 5.41) is 0.716. The van der Waals surface area contributed by atoms with Crippen molar-refractivity contribution in [2.45, 2.75) is 6.61 Å². The topological polar surface area (TPSA) is 35.2 Å². The maximum absolute atomic E-state index is 5.88. The highest BCUT2D eigenvalue weighted by Crippen LogP contribution is 2.17. The number of benzene rings is 2. The lowest BCUT2D eigenvalue weighted by Gasteiger charge is -2.06. The van der Waals surface area contributed by atoms with Gasteiger partial charge in [0.25, 0.3) is 0 Å². The van der Waals surface area contributed by atoms with Crippen LogP contribution in [0, 0.1) is 0 Å². The minimum Gasteiger partial charge on any atom is -0.489 e. The van der Waals surface area contributed by atoms with Gasteiger partial charge in [0.1, 0.15) is 12.4 Å². The maximum Gasteiger partial charge on any atom is 0.121 e. The molecule has 0 aliphatic carbocycles. The molecule has 16 heavy (non-hydrogen) atoms. The van der Waals surface area contributed by atoms with Gasteiger partial charge in [0.05, 0.1) is 0 Å². The Labute approximate surface area is 99.6 Å². The normalized spacial score (nSPS) is 10.1. The first kappa shape index (κ1) is 10.8. The highest BCUT2D eigenvalue weighted by Gasteiger charge is 1.97. The number of anilines is 1. The van der Waals surface area contributed by atoms with E-state index in [-0.39, 0.29) is 0 Å². The molecule has 2 nitrogen and oxygen atoms in total. The van der Waals surface area contributed by atoms with Crippen molar-refractivity contribution in [1.29, 1.82) is 0 Å². The molecule has 0 atom stereocenters. The van der Waals surface area contributed by atoms with Crippen molar-refractivity contribution in [3.8, 4) is 5.75 Å². The van der Waals surface area contributed by atoms with Gasteiger partial charge in [0.2, 0.25) is 0 Å². The van der Waals surface area contributed by atoms with Crippen LogP contribution in [0.25, 0.3) is 0 Å². The summed E-state index contributed by atoms with van der Waals surface area (Å²) in [7, 11) is 0. The first-order valence-electron chi connectivity index (χ1n) is 4.97. The van der Waals surface area contributed by atoms with E-state index in [2.05, 4.69) is 0 Å². The van der Waals surface area contributed by atoms with Crippen molar-refractivity contribution in [2.24, 2.45) is 0 Å². The van der Waals surface area contributed by atoms with Crippen molar-refractivity contribution < 1.29 is 4.74 Å². The summed E-state index contributed by atoms with van der Waals surface area (Å²) in [5.74, 6) is 0.764. The molecule has 2 N–H and O–H groups in total. The summed E-state index contributed by atoms with van der Waals surface area (Å²) in [4.78, 5) is 0. The fraction of sp³-hybridized carbons (Fsp3) is 0.0769. The van der Waals surface area contributed by atoms with E-state index in [1.165, 1.54) is 0 Å². The van der Waals surface area contributed by atoms with Crippen LogP contribution in [0.15, 0.2) is 48.5 Å². The number of nitrogen functional groups attached to an aromatic ring is 1. The van der Waals surface area contributed by atoms with Gasteiger partial charge in [-0.25, -0.2) is 0 Å². The molecule has 3 heteroatoms. The molecule has 0 amide bonds. The minimum absolute atomic E-state index is 0.490. The smallest absolute Gasteiger partial charge is 0.121 e. The van der Waals surface area contributed by atoms with Gasteiger partial charge in [-0.3, -0.25) is 0 Å². The quantitative estimate of drug-likeness (QED) is 0.824. The molecule has 0 saturated heterocycles. The Morgan fingerprint density at radius 2 is 1.88 bits per heavy atom. The largest absolute Gasteiger partial charge is 0.489 e. The van der Waals surface area contributed by atoms with Crippen LogP contribution in [0.3, 0.4) is 0 Å². The van der Waals surface area contributed by atoms with Crippen molar-refractivity contribution in [3.05, 3.63) is 59.1 Å². The number of hydrogen-bond acceptors (Lipinski definition) is 2. The molecule has 82 valence electrons. The zero-order valence-corrected chi connectivity index (χ0v) is 9.45. The molecule has 0 spiro atoms. The average Bonchev–Trinajstić information content (AvgIpc) is 2.27. The molecule has 0 aliphatic heterocycles. The van der Waals surface area contributed by atoms with E-state index in [1.807, 2.05) is 42.5 Å². The second kappa shape index (κ2) is 4.90. The summed E-state index contributed by atoms with van der Waals surface area (Å²) in [6.45, 7) is 0.490. The van der Waals surface area contributed by atoms with Crippen LogP contribution >= 0.6 is 11.6 Å². The summed E-state index contributed by atoms with van der Waals surface area (Å²) >= 11 is 5.88. The van der Waals surface area contributed by atoms with E-state index >= 15 is 0 Å². The molecule has 2 rings (SSSR count). The molecule has 2 aromatic rings. The number of hydrogen-bond donors (Lipinski definition) is 1. The van der Waals surface area contributed by atoms with Gasteiger partial charge in [-0.2, -0.15) is 0 Å². The number of halogens is 1. The summed E-state index contributed by atoms with van der Waals surface area (Å²) in [6, 6.07) is 15.0. The van der Waals surface area contributed by atoms with Crippen LogP contribution in [-0.2, 0) is 6.61 Å². The number of ether oxygens (including phenoxy) is 1. The zero-order chi connectivity index (χ0) is 11.4. The average molecular weight is 234 g/mol. The third-order valence-corrected chi connectivity index (χ3v) is 2.39. The summed E-state index contributed by atoms with van der Waals surface area (Å²) in [5.41, 5.74) is 7.39. The second-order valence-corrected chi connectivity index (χ2v) is 3.93. The minimum atomic E-state index is 0.490. The van der Waals surface area contributed by atoms with Gasteiger partial charge in [-0.05, 0) is 29.8 Å². The van der Waals surface area contributed by atoms with E-state index in [0.29, 0.717) is 17.3 Å². The van der Waals surface area contributed by atoms with Crippen LogP contribution in [0.5, 0.6) is 5.75 Å². The Kier molecular flexibility index (Phi) is 3.32. The molecule has 0 aliphatic rings. The van der Waals surface area contributed by atoms with Crippen LogP contribution in [0.2, 0.25) is 5.02 Å². The van der Waals surface area contributed by atoms with Gasteiger partial charge in [0.15, 0.2) is 0 Å². The van der Waals surface area contributed by atoms with E-state index < -0.39 is 0 Å². The lowest BCUT2D eigenvalue weighted by molar-refractivity contribution is 0.306. The summed E-state index contributed by atoms with van der Waals surface area (Å²) < 4.78 is 5.59. The fourth-order valence-electron chi connectivity index (χ4n) is 1.40. The molecule has 0 aromatic heterocycles.